The molecule has 0 spiro atoms. The molecule has 16 heteroatoms. The van der Waals surface area contributed by atoms with Gasteiger partial charge in [0.15, 0.2) is 0 Å². The van der Waals surface area contributed by atoms with E-state index in [1.54, 1.807) is 12.7 Å². The Kier molecular flexibility index (Phi) is 16.0. The van der Waals surface area contributed by atoms with Crippen molar-refractivity contribution in [1.29, 1.82) is 0 Å². The van der Waals surface area contributed by atoms with Crippen molar-refractivity contribution in [2.24, 2.45) is 0 Å². The summed E-state index contributed by atoms with van der Waals surface area (Å²) in [6.45, 7) is 1.87. The van der Waals surface area contributed by atoms with Crippen LogP contribution < -0.4 is 20.4 Å². The van der Waals surface area contributed by atoms with Crippen molar-refractivity contribution >= 4 is 65.1 Å². The topological polar surface area (TPSA) is 191 Å². The predicted octanol–water partition coefficient (Wildman–Crippen LogP) is 4.97. The number of hydrogen-bond acceptors (Lipinski definition) is 12. The Morgan fingerprint density at radius 2 is 0.894 bits per heavy atom. The third-order valence-electron chi connectivity index (χ3n) is 6.71. The lowest BCUT2D eigenvalue weighted by molar-refractivity contribution is 0.488. The zero-order valence-electron chi connectivity index (χ0n) is 28.0. The molecule has 2 aromatic carbocycles. The standard InChI is InChI=1S/C29H40N8.2CH4O3S/c1-36(2)22-12-14-26-24(18-22)28(34-20-32-26)30-16-10-8-6-5-7-9-11-17-31-29-25-19-23(37(3)4)13-15-27(25)33-21-35-29;2*1-5(2,3)4/h12-15,18-21H,5-11,16-17H2,1-4H3,(H,30,32,34)(H,31,33,35);2*1H3,(H,2,3,4). The average Bonchev–Trinajstić information content (AvgIpc) is 2.97. The van der Waals surface area contributed by atoms with Gasteiger partial charge in [-0.05, 0) is 49.2 Å². The predicted molar refractivity (Wildman–Crippen MR) is 192 cm³/mol. The molecule has 0 amide bonds. The molecule has 0 saturated carbocycles. The summed E-state index contributed by atoms with van der Waals surface area (Å²) in [6, 6.07) is 12.6. The second-order valence-electron chi connectivity index (χ2n) is 11.4. The summed E-state index contributed by atoms with van der Waals surface area (Å²) in [5, 5.41) is 9.20. The van der Waals surface area contributed by atoms with Crippen LogP contribution >= 0.6 is 0 Å². The molecular weight excluding hydrogens is 645 g/mol. The van der Waals surface area contributed by atoms with Crippen molar-refractivity contribution in [3.05, 3.63) is 49.1 Å². The van der Waals surface area contributed by atoms with Crippen molar-refractivity contribution in [3.63, 3.8) is 0 Å². The Morgan fingerprint density at radius 3 is 1.21 bits per heavy atom. The second kappa shape index (κ2) is 19.1. The summed E-state index contributed by atoms with van der Waals surface area (Å²) in [5.41, 5.74) is 4.27. The van der Waals surface area contributed by atoms with Crippen LogP contribution in [0.3, 0.4) is 0 Å². The Labute approximate surface area is 278 Å². The van der Waals surface area contributed by atoms with E-state index in [9.17, 15) is 16.8 Å². The lowest BCUT2D eigenvalue weighted by atomic mass is 10.1. The molecule has 4 rings (SSSR count). The van der Waals surface area contributed by atoms with Gasteiger partial charge in [0.1, 0.15) is 24.3 Å². The molecule has 4 aromatic rings. The van der Waals surface area contributed by atoms with Crippen LogP contribution in [-0.2, 0) is 20.2 Å². The number of unbranched alkanes of at least 4 members (excludes halogenated alkanes) is 6. The minimum absolute atomic E-state index is 0.715. The van der Waals surface area contributed by atoms with Crippen molar-refractivity contribution in [2.75, 3.05) is 74.2 Å². The van der Waals surface area contributed by atoms with Gasteiger partial charge in [0.25, 0.3) is 20.2 Å². The Morgan fingerprint density at radius 1 is 0.574 bits per heavy atom. The molecule has 0 radical (unpaired) electrons. The van der Waals surface area contributed by atoms with Gasteiger partial charge in [-0.2, -0.15) is 16.8 Å². The van der Waals surface area contributed by atoms with Crippen molar-refractivity contribution in [2.45, 2.75) is 44.9 Å². The van der Waals surface area contributed by atoms with Crippen molar-refractivity contribution < 1.29 is 25.9 Å². The summed E-state index contributed by atoms with van der Waals surface area (Å²) in [7, 11) is 0.870. The van der Waals surface area contributed by atoms with Crippen molar-refractivity contribution in [3.8, 4) is 0 Å². The minimum Gasteiger partial charge on any atom is -0.378 e. The molecule has 2 aromatic heterocycles. The number of aromatic nitrogens is 4. The third-order valence-corrected chi connectivity index (χ3v) is 6.71. The fourth-order valence-electron chi connectivity index (χ4n) is 4.47. The lowest BCUT2D eigenvalue weighted by Gasteiger charge is -2.14. The van der Waals surface area contributed by atoms with Crippen LogP contribution in [0, 0.1) is 0 Å². The van der Waals surface area contributed by atoms with Gasteiger partial charge in [0.05, 0.1) is 23.5 Å². The van der Waals surface area contributed by atoms with Crippen LogP contribution in [0.25, 0.3) is 21.8 Å². The molecule has 2 heterocycles. The summed E-state index contributed by atoms with van der Waals surface area (Å²) in [4.78, 5) is 22.0. The monoisotopic (exact) mass is 692 g/mol. The molecule has 0 fully saturated rings. The van der Waals surface area contributed by atoms with E-state index in [1.165, 1.54) is 32.1 Å². The summed E-state index contributed by atoms with van der Waals surface area (Å²) in [6.07, 6.45) is 13.3. The Balaban J connectivity index is 0.000000670. The molecule has 260 valence electrons. The number of nitrogens with one attached hydrogen (secondary N) is 2. The Bertz CT molecular complexity index is 1630. The van der Waals surface area contributed by atoms with Gasteiger partial charge in [0.2, 0.25) is 0 Å². The third kappa shape index (κ3) is 16.5. The van der Waals surface area contributed by atoms with Crippen LogP contribution in [0.4, 0.5) is 23.0 Å². The molecule has 4 N–H and O–H groups in total. The van der Waals surface area contributed by atoms with E-state index in [1.807, 2.05) is 0 Å². The van der Waals surface area contributed by atoms with E-state index in [2.05, 4.69) is 105 Å². The molecule has 0 aliphatic rings. The highest BCUT2D eigenvalue weighted by Gasteiger charge is 2.07. The van der Waals surface area contributed by atoms with Crippen molar-refractivity contribution in [1.82, 2.24) is 19.9 Å². The number of fused-ring (bicyclic) bond motifs is 2. The van der Waals surface area contributed by atoms with Crippen LogP contribution in [0.15, 0.2) is 49.1 Å². The van der Waals surface area contributed by atoms with Gasteiger partial charge < -0.3 is 20.4 Å². The van der Waals surface area contributed by atoms with Gasteiger partial charge in [-0.3, -0.25) is 9.11 Å². The average molecular weight is 693 g/mol. The summed E-state index contributed by atoms with van der Waals surface area (Å²) < 4.78 is 51.7. The normalized spacial score (nSPS) is 11.2. The second-order valence-corrected chi connectivity index (χ2v) is 14.4. The van der Waals surface area contributed by atoms with E-state index in [4.69, 9.17) is 9.11 Å². The maximum Gasteiger partial charge on any atom is 0.261 e. The van der Waals surface area contributed by atoms with E-state index in [0.29, 0.717) is 12.5 Å². The molecule has 14 nitrogen and oxygen atoms in total. The van der Waals surface area contributed by atoms with E-state index in [-0.39, 0.29) is 0 Å². The van der Waals surface area contributed by atoms with E-state index < -0.39 is 20.2 Å². The van der Waals surface area contributed by atoms with Gasteiger partial charge in [-0.1, -0.05) is 32.1 Å². The zero-order valence-corrected chi connectivity index (χ0v) is 29.6. The van der Waals surface area contributed by atoms with E-state index >= 15 is 0 Å². The molecule has 0 bridgehead atoms. The molecule has 0 unspecified atom stereocenters. The molecule has 0 atom stereocenters. The van der Waals surface area contributed by atoms with Gasteiger partial charge in [0, 0.05) is 63.4 Å². The summed E-state index contributed by atoms with van der Waals surface area (Å²) in [5.74, 6) is 1.85. The van der Waals surface area contributed by atoms with Crippen LogP contribution in [0.2, 0.25) is 0 Å². The fourth-order valence-corrected chi connectivity index (χ4v) is 4.47. The highest BCUT2D eigenvalue weighted by Crippen LogP contribution is 2.25. The quantitative estimate of drug-likeness (QED) is 0.102. The van der Waals surface area contributed by atoms with Gasteiger partial charge in [-0.15, -0.1) is 0 Å². The van der Waals surface area contributed by atoms with Gasteiger partial charge >= 0.3 is 0 Å². The van der Waals surface area contributed by atoms with Crippen LogP contribution in [0.5, 0.6) is 0 Å². The Hall–Kier alpha value is -3.86. The molecule has 0 aliphatic heterocycles. The first-order valence-electron chi connectivity index (χ1n) is 15.2. The fraction of sp³-hybridized carbons (Fsp3) is 0.484. The maximum absolute atomic E-state index is 9.19. The minimum atomic E-state index is -3.67. The molecular formula is C31H48N8O6S2. The smallest absolute Gasteiger partial charge is 0.261 e. The molecule has 47 heavy (non-hydrogen) atoms. The largest absolute Gasteiger partial charge is 0.378 e. The number of benzene rings is 2. The lowest BCUT2D eigenvalue weighted by Crippen LogP contribution is -2.09. The molecule has 0 aliphatic carbocycles. The number of hydrogen-bond donors (Lipinski definition) is 4. The first-order valence-corrected chi connectivity index (χ1v) is 18.9. The van der Waals surface area contributed by atoms with E-state index in [0.717, 1.165) is 70.7 Å². The number of nitrogens with zero attached hydrogens (tertiary/aromatic N) is 6. The maximum atomic E-state index is 9.19. The zero-order chi connectivity index (χ0) is 35.0. The SMILES string of the molecule is CN(C)c1ccc2ncnc(NCCCCCCCCCNc3ncnc4ccc(N(C)C)cc34)c2c1.CS(=O)(=O)O.CS(=O)(=O)O. The van der Waals surface area contributed by atoms with Crippen LogP contribution in [0.1, 0.15) is 44.9 Å². The summed E-state index contributed by atoms with van der Waals surface area (Å²) >= 11 is 0. The highest BCUT2D eigenvalue weighted by atomic mass is 32.2. The highest BCUT2D eigenvalue weighted by molar-refractivity contribution is 7.85. The molecule has 0 saturated heterocycles. The van der Waals surface area contributed by atoms with Gasteiger partial charge in [-0.25, -0.2) is 19.9 Å². The number of anilines is 4. The number of rotatable bonds is 14. The first kappa shape index (κ1) is 39.3. The van der Waals surface area contributed by atoms with Crippen LogP contribution in [-0.4, -0.2) is 99.7 Å². The first-order chi connectivity index (χ1) is 22.0.